The van der Waals surface area contributed by atoms with Gasteiger partial charge in [0.25, 0.3) is 5.91 Å². The maximum Gasteiger partial charge on any atom is 0.394 e. The van der Waals surface area contributed by atoms with E-state index in [4.69, 9.17) is 5.11 Å². The first-order valence-electron chi connectivity index (χ1n) is 7.31. The molecule has 0 unspecified atom stereocenters. The number of pyridine rings is 1. The fourth-order valence-corrected chi connectivity index (χ4v) is 2.80. The standard InChI is InChI=1S/C15H13F3N4O3/c16-15(17,18)12-8-21(7-11(12)14(24)25)13(23)9-4-20-22(6-9)10-2-1-3-19-5-10/h1-6,11-12H,7-8H2,(H,24,25)/t11-,12-/m1/s1. The zero-order chi connectivity index (χ0) is 18.2. The first kappa shape index (κ1) is 16.9. The van der Waals surface area contributed by atoms with Crippen LogP contribution in [0.15, 0.2) is 36.9 Å². The van der Waals surface area contributed by atoms with Gasteiger partial charge in [-0.3, -0.25) is 14.6 Å². The number of hydrogen-bond donors (Lipinski definition) is 1. The summed E-state index contributed by atoms with van der Waals surface area (Å²) in [4.78, 5) is 28.3. The van der Waals surface area contributed by atoms with E-state index in [1.165, 1.54) is 23.3 Å². The number of rotatable bonds is 3. The number of alkyl halides is 3. The summed E-state index contributed by atoms with van der Waals surface area (Å²) in [6, 6.07) is 3.37. The SMILES string of the molecule is O=C(O)[C@@H]1CN(C(=O)c2cnn(-c3cccnc3)c2)C[C@H]1C(F)(F)F. The molecular weight excluding hydrogens is 341 g/mol. The third-order valence-corrected chi connectivity index (χ3v) is 4.08. The molecule has 1 N–H and O–H groups in total. The van der Waals surface area contributed by atoms with Crippen LogP contribution < -0.4 is 0 Å². The number of halogens is 3. The Balaban J connectivity index is 1.80. The van der Waals surface area contributed by atoms with Crippen molar-refractivity contribution in [2.24, 2.45) is 11.8 Å². The molecule has 0 saturated carbocycles. The molecule has 3 heterocycles. The minimum absolute atomic E-state index is 0.0795. The van der Waals surface area contributed by atoms with Gasteiger partial charge in [-0.2, -0.15) is 18.3 Å². The summed E-state index contributed by atoms with van der Waals surface area (Å²) in [6.45, 7) is -1.17. The second kappa shape index (κ2) is 6.19. The number of hydrogen-bond acceptors (Lipinski definition) is 4. The molecule has 2 atom stereocenters. The van der Waals surface area contributed by atoms with E-state index in [0.29, 0.717) is 5.69 Å². The molecule has 0 aromatic carbocycles. The van der Waals surface area contributed by atoms with Crippen LogP contribution in [0.1, 0.15) is 10.4 Å². The molecule has 0 spiro atoms. The minimum Gasteiger partial charge on any atom is -0.481 e. The Bertz CT molecular complexity index is 791. The Kier molecular flexibility index (Phi) is 4.19. The van der Waals surface area contributed by atoms with Gasteiger partial charge < -0.3 is 10.0 Å². The molecule has 3 rings (SSSR count). The maximum absolute atomic E-state index is 13.0. The number of carbonyl (C=O) groups is 2. The fourth-order valence-electron chi connectivity index (χ4n) is 2.80. The van der Waals surface area contributed by atoms with Crippen LogP contribution in [0.3, 0.4) is 0 Å². The van der Waals surface area contributed by atoms with Gasteiger partial charge in [0, 0.05) is 25.5 Å². The summed E-state index contributed by atoms with van der Waals surface area (Å²) in [6.07, 6.45) is 0.990. The van der Waals surface area contributed by atoms with E-state index in [0.717, 1.165) is 4.90 Å². The van der Waals surface area contributed by atoms with Crippen molar-refractivity contribution in [1.29, 1.82) is 0 Å². The highest BCUT2D eigenvalue weighted by Gasteiger charge is 2.53. The van der Waals surface area contributed by atoms with Gasteiger partial charge in [-0.05, 0) is 12.1 Å². The van der Waals surface area contributed by atoms with E-state index in [1.54, 1.807) is 18.3 Å². The molecule has 1 amide bonds. The number of amides is 1. The Morgan fingerprint density at radius 1 is 1.24 bits per heavy atom. The second-order valence-electron chi connectivity index (χ2n) is 5.69. The van der Waals surface area contributed by atoms with E-state index in [-0.39, 0.29) is 5.56 Å². The van der Waals surface area contributed by atoms with E-state index in [1.807, 2.05) is 0 Å². The highest BCUT2D eigenvalue weighted by atomic mass is 19.4. The van der Waals surface area contributed by atoms with Crippen molar-refractivity contribution in [1.82, 2.24) is 19.7 Å². The first-order chi connectivity index (χ1) is 11.8. The van der Waals surface area contributed by atoms with Crippen LogP contribution in [0.4, 0.5) is 13.2 Å². The van der Waals surface area contributed by atoms with Crippen molar-refractivity contribution in [3.63, 3.8) is 0 Å². The molecule has 25 heavy (non-hydrogen) atoms. The fraction of sp³-hybridized carbons (Fsp3) is 0.333. The number of carboxylic acids is 1. The van der Waals surface area contributed by atoms with Crippen LogP contribution in [0.2, 0.25) is 0 Å². The van der Waals surface area contributed by atoms with Crippen molar-refractivity contribution in [3.8, 4) is 5.69 Å². The molecule has 0 aliphatic carbocycles. The van der Waals surface area contributed by atoms with Crippen molar-refractivity contribution in [3.05, 3.63) is 42.5 Å². The van der Waals surface area contributed by atoms with E-state index < -0.39 is 43.0 Å². The molecule has 1 fully saturated rings. The Labute approximate surface area is 139 Å². The van der Waals surface area contributed by atoms with E-state index >= 15 is 0 Å². The number of aliphatic carboxylic acids is 1. The summed E-state index contributed by atoms with van der Waals surface area (Å²) >= 11 is 0. The highest BCUT2D eigenvalue weighted by Crippen LogP contribution is 2.38. The second-order valence-corrected chi connectivity index (χ2v) is 5.69. The maximum atomic E-state index is 13.0. The molecule has 10 heteroatoms. The number of carboxylic acid groups (broad SMARTS) is 1. The lowest BCUT2D eigenvalue weighted by Gasteiger charge is -2.18. The molecule has 1 saturated heterocycles. The zero-order valence-corrected chi connectivity index (χ0v) is 12.7. The van der Waals surface area contributed by atoms with Crippen LogP contribution in [-0.2, 0) is 4.79 Å². The van der Waals surface area contributed by atoms with Gasteiger partial charge >= 0.3 is 12.1 Å². The molecule has 1 aliphatic rings. The Hall–Kier alpha value is -2.91. The topological polar surface area (TPSA) is 88.3 Å². The van der Waals surface area contributed by atoms with Crippen molar-refractivity contribution in [2.75, 3.05) is 13.1 Å². The number of likely N-dealkylation sites (tertiary alicyclic amines) is 1. The predicted octanol–water partition coefficient (Wildman–Crippen LogP) is 1.60. The predicted molar refractivity (Wildman–Crippen MR) is 77.9 cm³/mol. The van der Waals surface area contributed by atoms with Gasteiger partial charge in [0.05, 0.1) is 35.5 Å². The lowest BCUT2D eigenvalue weighted by atomic mass is 9.96. The van der Waals surface area contributed by atoms with E-state index in [2.05, 4.69) is 10.1 Å². The molecule has 0 bridgehead atoms. The lowest BCUT2D eigenvalue weighted by Crippen LogP contribution is -2.34. The molecule has 132 valence electrons. The highest BCUT2D eigenvalue weighted by molar-refractivity contribution is 5.94. The summed E-state index contributed by atoms with van der Waals surface area (Å²) < 4.78 is 40.4. The quantitative estimate of drug-likeness (QED) is 0.905. The monoisotopic (exact) mass is 354 g/mol. The van der Waals surface area contributed by atoms with Gasteiger partial charge in [-0.15, -0.1) is 0 Å². The van der Waals surface area contributed by atoms with Gasteiger partial charge in [0.1, 0.15) is 0 Å². The minimum atomic E-state index is -4.68. The van der Waals surface area contributed by atoms with Crippen molar-refractivity contribution < 1.29 is 27.9 Å². The van der Waals surface area contributed by atoms with Crippen molar-refractivity contribution >= 4 is 11.9 Å². The number of nitrogens with zero attached hydrogens (tertiary/aromatic N) is 4. The molecule has 2 aromatic heterocycles. The first-order valence-corrected chi connectivity index (χ1v) is 7.31. The number of carbonyl (C=O) groups excluding carboxylic acids is 1. The lowest BCUT2D eigenvalue weighted by molar-refractivity contribution is -0.187. The van der Waals surface area contributed by atoms with Crippen LogP contribution >= 0.6 is 0 Å². The average molecular weight is 354 g/mol. The third kappa shape index (κ3) is 3.32. The molecule has 2 aromatic rings. The smallest absolute Gasteiger partial charge is 0.394 e. The van der Waals surface area contributed by atoms with Crippen LogP contribution in [0.25, 0.3) is 5.69 Å². The van der Waals surface area contributed by atoms with Gasteiger partial charge in [-0.25, -0.2) is 4.68 Å². The Morgan fingerprint density at radius 2 is 2.00 bits per heavy atom. The van der Waals surface area contributed by atoms with Gasteiger partial charge in [0.15, 0.2) is 0 Å². The molecule has 7 nitrogen and oxygen atoms in total. The van der Waals surface area contributed by atoms with Gasteiger partial charge in [0.2, 0.25) is 0 Å². The Morgan fingerprint density at radius 3 is 2.56 bits per heavy atom. The normalized spacial score (nSPS) is 20.7. The van der Waals surface area contributed by atoms with Crippen molar-refractivity contribution in [2.45, 2.75) is 6.18 Å². The summed E-state index contributed by atoms with van der Waals surface area (Å²) in [5, 5.41) is 13.0. The third-order valence-electron chi connectivity index (χ3n) is 4.08. The molecule has 0 radical (unpaired) electrons. The van der Waals surface area contributed by atoms with E-state index in [9.17, 15) is 22.8 Å². The largest absolute Gasteiger partial charge is 0.481 e. The summed E-state index contributed by atoms with van der Waals surface area (Å²) in [5.41, 5.74) is 0.662. The zero-order valence-electron chi connectivity index (χ0n) is 12.7. The van der Waals surface area contributed by atoms with Crippen LogP contribution in [-0.4, -0.2) is 55.9 Å². The molecular formula is C15H13F3N4O3. The molecule has 1 aliphatic heterocycles. The van der Waals surface area contributed by atoms with Crippen LogP contribution in [0.5, 0.6) is 0 Å². The summed E-state index contributed by atoms with van der Waals surface area (Å²) in [7, 11) is 0. The number of aromatic nitrogens is 3. The summed E-state index contributed by atoms with van der Waals surface area (Å²) in [5.74, 6) is -6.00. The average Bonchev–Trinajstić information content (AvgIpc) is 3.22. The van der Waals surface area contributed by atoms with Gasteiger partial charge in [-0.1, -0.05) is 0 Å². The van der Waals surface area contributed by atoms with Crippen LogP contribution in [0, 0.1) is 11.8 Å².